The molecule has 0 spiro atoms. The lowest BCUT2D eigenvalue weighted by molar-refractivity contribution is -0.122. The van der Waals surface area contributed by atoms with E-state index < -0.39 is 30.0 Å². The molecule has 212 valence electrons. The molecule has 0 saturated carbocycles. The molecule has 8 nitrogen and oxygen atoms in total. The Hall–Kier alpha value is -4.87. The first kappa shape index (κ1) is 26.1. The normalized spacial score (nSPS) is 16.2. The molecular formula is C30H23F4N7O. The number of nitrogens with zero attached hydrogens (tertiary/aromatic N) is 5. The van der Waals surface area contributed by atoms with Crippen molar-refractivity contribution in [3.05, 3.63) is 107 Å². The van der Waals surface area contributed by atoms with E-state index >= 15 is 0 Å². The van der Waals surface area contributed by atoms with Crippen molar-refractivity contribution >= 4 is 16.9 Å². The van der Waals surface area contributed by atoms with Crippen LogP contribution >= 0.6 is 0 Å². The molecule has 7 rings (SSSR count). The Morgan fingerprint density at radius 2 is 1.90 bits per heavy atom. The van der Waals surface area contributed by atoms with Gasteiger partial charge in [0.2, 0.25) is 5.91 Å². The average Bonchev–Trinajstić information content (AvgIpc) is 3.43. The van der Waals surface area contributed by atoms with Crippen LogP contribution in [0, 0.1) is 11.6 Å². The number of aromatic amines is 1. The lowest BCUT2D eigenvalue weighted by Crippen LogP contribution is -2.34. The van der Waals surface area contributed by atoms with Crippen LogP contribution in [0.4, 0.5) is 17.6 Å². The maximum Gasteiger partial charge on any atom is 0.282 e. The summed E-state index contributed by atoms with van der Waals surface area (Å²) < 4.78 is 57.2. The molecule has 2 N–H and O–H groups in total. The van der Waals surface area contributed by atoms with Gasteiger partial charge in [0.25, 0.3) is 6.43 Å². The van der Waals surface area contributed by atoms with Gasteiger partial charge in [0.05, 0.1) is 17.4 Å². The molecule has 4 heterocycles. The van der Waals surface area contributed by atoms with Gasteiger partial charge in [-0.25, -0.2) is 32.5 Å². The summed E-state index contributed by atoms with van der Waals surface area (Å²) in [4.78, 5) is 29.6. The molecule has 5 aromatic rings. The number of halogens is 4. The molecule has 4 aromatic heterocycles. The number of allylic oxidation sites excluding steroid dienone is 2. The SMILES string of the molecule is O=C(Cn1nc(C(F)F)c2c1[C@@H]1C=C1CC2)N[C@H](Cc1cc(F)cc(F)c1)c1ncncc1-c1cnc2[nH]ccc2c1. The second-order valence-electron chi connectivity index (χ2n) is 10.5. The van der Waals surface area contributed by atoms with Crippen molar-refractivity contribution in [1.82, 2.24) is 35.0 Å². The highest BCUT2D eigenvalue weighted by Crippen LogP contribution is 2.49. The summed E-state index contributed by atoms with van der Waals surface area (Å²) in [5.74, 6) is -2.09. The van der Waals surface area contributed by atoms with Gasteiger partial charge in [-0.15, -0.1) is 0 Å². The van der Waals surface area contributed by atoms with E-state index in [-0.39, 0.29) is 24.6 Å². The zero-order valence-electron chi connectivity index (χ0n) is 22.0. The fourth-order valence-corrected chi connectivity index (χ4v) is 5.84. The highest BCUT2D eigenvalue weighted by molar-refractivity contribution is 5.82. The van der Waals surface area contributed by atoms with Crippen LogP contribution in [-0.2, 0) is 24.2 Å². The third-order valence-electron chi connectivity index (χ3n) is 7.74. The summed E-state index contributed by atoms with van der Waals surface area (Å²) >= 11 is 0. The van der Waals surface area contributed by atoms with Crippen molar-refractivity contribution in [2.45, 2.75) is 44.2 Å². The maximum atomic E-state index is 14.1. The second kappa shape index (κ2) is 10.2. The van der Waals surface area contributed by atoms with Gasteiger partial charge in [-0.2, -0.15) is 5.10 Å². The largest absolute Gasteiger partial charge is 0.346 e. The van der Waals surface area contributed by atoms with Crippen molar-refractivity contribution in [3.8, 4) is 11.1 Å². The van der Waals surface area contributed by atoms with Crippen molar-refractivity contribution < 1.29 is 22.4 Å². The number of carbonyl (C=O) groups is 1. The third-order valence-corrected chi connectivity index (χ3v) is 7.74. The molecule has 2 aliphatic rings. The van der Waals surface area contributed by atoms with Crippen molar-refractivity contribution in [2.75, 3.05) is 0 Å². The molecule has 1 amide bonds. The second-order valence-corrected chi connectivity index (χ2v) is 10.5. The van der Waals surface area contributed by atoms with Gasteiger partial charge < -0.3 is 10.3 Å². The minimum Gasteiger partial charge on any atom is -0.346 e. The van der Waals surface area contributed by atoms with Crippen LogP contribution in [-0.4, -0.2) is 35.6 Å². The summed E-state index contributed by atoms with van der Waals surface area (Å²) in [5.41, 5.74) is 4.62. The highest BCUT2D eigenvalue weighted by atomic mass is 19.3. The standard InChI is InChI=1S/C30H23F4N7O/c31-19-5-15(6-20(32)10-19)7-24(26-23(12-35-14-38-26)18-8-17-3-4-36-30(17)37-11-18)39-25(42)13-41-28-21(27(40-41)29(33)34)2-1-16-9-22(16)28/h3-6,8-12,14,22,24,29H,1-2,7,13H2,(H,36,37)(H,39,42)/t22-,24-/m1/s1. The lowest BCUT2D eigenvalue weighted by atomic mass is 9.95. The predicted octanol–water partition coefficient (Wildman–Crippen LogP) is 5.50. The topological polar surface area (TPSA) is 101 Å². The highest BCUT2D eigenvalue weighted by Gasteiger charge is 2.39. The number of amides is 1. The van der Waals surface area contributed by atoms with Gasteiger partial charge in [0.1, 0.15) is 35.8 Å². The minimum atomic E-state index is -2.76. The number of nitrogens with one attached hydrogen (secondary N) is 2. The molecule has 1 aromatic carbocycles. The van der Waals surface area contributed by atoms with Gasteiger partial charge in [0, 0.05) is 52.7 Å². The number of H-pyrrole nitrogens is 1. The van der Waals surface area contributed by atoms with E-state index in [0.29, 0.717) is 52.1 Å². The van der Waals surface area contributed by atoms with E-state index in [1.54, 1.807) is 18.6 Å². The number of fused-ring (bicyclic) bond motifs is 4. The Labute approximate surface area is 236 Å². The number of pyridine rings is 1. The smallest absolute Gasteiger partial charge is 0.282 e. The third kappa shape index (κ3) is 4.82. The van der Waals surface area contributed by atoms with Crippen LogP contribution in [0.15, 0.2) is 66.9 Å². The Balaban J connectivity index is 1.24. The van der Waals surface area contributed by atoms with Crippen LogP contribution in [0.25, 0.3) is 22.2 Å². The number of carbonyl (C=O) groups excluding carboxylic acids is 1. The van der Waals surface area contributed by atoms with Crippen LogP contribution in [0.2, 0.25) is 0 Å². The molecule has 2 aliphatic carbocycles. The zero-order chi connectivity index (χ0) is 29.0. The van der Waals surface area contributed by atoms with E-state index in [4.69, 9.17) is 0 Å². The Morgan fingerprint density at radius 3 is 2.71 bits per heavy atom. The summed E-state index contributed by atoms with van der Waals surface area (Å²) in [6.07, 6.45) is 6.72. The number of alkyl halides is 2. The van der Waals surface area contributed by atoms with Crippen LogP contribution in [0.5, 0.6) is 0 Å². The van der Waals surface area contributed by atoms with E-state index in [1.165, 1.54) is 23.1 Å². The molecule has 0 fully saturated rings. The van der Waals surface area contributed by atoms with Gasteiger partial charge in [-0.3, -0.25) is 9.48 Å². The summed E-state index contributed by atoms with van der Waals surface area (Å²) in [6.45, 7) is -0.308. The number of aromatic nitrogens is 6. The molecular weight excluding hydrogens is 550 g/mol. The van der Waals surface area contributed by atoms with E-state index in [0.717, 1.165) is 17.0 Å². The zero-order valence-corrected chi connectivity index (χ0v) is 22.0. The van der Waals surface area contributed by atoms with Crippen LogP contribution in [0.1, 0.15) is 53.0 Å². The van der Waals surface area contributed by atoms with E-state index in [9.17, 15) is 22.4 Å². The molecule has 0 saturated heterocycles. The number of rotatable bonds is 8. The van der Waals surface area contributed by atoms with Crippen LogP contribution in [0.3, 0.4) is 0 Å². The Morgan fingerprint density at radius 1 is 1.07 bits per heavy atom. The molecule has 42 heavy (non-hydrogen) atoms. The first-order valence-electron chi connectivity index (χ1n) is 13.4. The summed E-state index contributed by atoms with van der Waals surface area (Å²) in [6, 6.07) is 6.05. The number of hydrogen-bond acceptors (Lipinski definition) is 5. The monoisotopic (exact) mass is 573 g/mol. The van der Waals surface area contributed by atoms with Gasteiger partial charge in [-0.05, 0) is 49.1 Å². The molecule has 0 bridgehead atoms. The van der Waals surface area contributed by atoms with Crippen molar-refractivity contribution in [1.29, 1.82) is 0 Å². The number of benzene rings is 1. The fourth-order valence-electron chi connectivity index (χ4n) is 5.84. The summed E-state index contributed by atoms with van der Waals surface area (Å²) in [7, 11) is 0. The van der Waals surface area contributed by atoms with Gasteiger partial charge >= 0.3 is 0 Å². The first-order chi connectivity index (χ1) is 20.3. The maximum absolute atomic E-state index is 14.1. The molecule has 2 atom stereocenters. The first-order valence-corrected chi connectivity index (χ1v) is 13.4. The summed E-state index contributed by atoms with van der Waals surface area (Å²) in [5, 5.41) is 7.89. The average molecular weight is 574 g/mol. The number of hydrogen-bond donors (Lipinski definition) is 2. The lowest BCUT2D eigenvalue weighted by Gasteiger charge is -2.22. The fraction of sp³-hybridized carbons (Fsp3) is 0.233. The Bertz CT molecular complexity index is 1860. The van der Waals surface area contributed by atoms with Crippen molar-refractivity contribution in [2.24, 2.45) is 0 Å². The minimum absolute atomic E-state index is 0.00190. The van der Waals surface area contributed by atoms with Crippen LogP contribution < -0.4 is 5.32 Å². The molecule has 0 aliphatic heterocycles. The van der Waals surface area contributed by atoms with E-state index in [1.807, 2.05) is 18.2 Å². The van der Waals surface area contributed by atoms with E-state index in [2.05, 4.69) is 30.4 Å². The Kier molecular flexibility index (Phi) is 6.33. The molecule has 12 heteroatoms. The molecule has 0 radical (unpaired) electrons. The van der Waals surface area contributed by atoms with Crippen molar-refractivity contribution in [3.63, 3.8) is 0 Å². The quantitative estimate of drug-likeness (QED) is 0.189. The van der Waals surface area contributed by atoms with Gasteiger partial charge in [-0.1, -0.05) is 11.6 Å². The molecule has 0 unspecified atom stereocenters. The predicted molar refractivity (Wildman–Crippen MR) is 144 cm³/mol. The van der Waals surface area contributed by atoms with Gasteiger partial charge in [0.15, 0.2) is 0 Å².